The Labute approximate surface area is 140 Å². The van der Waals surface area contributed by atoms with Gasteiger partial charge in [-0.25, -0.2) is 15.0 Å². The molecular formula is C16H13F2N5S. The van der Waals surface area contributed by atoms with E-state index in [1.54, 1.807) is 31.2 Å². The molecule has 0 bridgehead atoms. The molecule has 0 saturated carbocycles. The van der Waals surface area contributed by atoms with Crippen molar-refractivity contribution < 1.29 is 8.78 Å². The van der Waals surface area contributed by atoms with Crippen LogP contribution in [-0.4, -0.2) is 19.5 Å². The number of nitrogens with zero attached hydrogens (tertiary/aromatic N) is 4. The second-order valence-electron chi connectivity index (χ2n) is 5.33. The smallest absolute Gasteiger partial charge is 0.320 e. The van der Waals surface area contributed by atoms with Crippen molar-refractivity contribution in [1.82, 2.24) is 19.5 Å². The second-order valence-corrected chi connectivity index (χ2v) is 6.23. The highest BCUT2D eigenvalue weighted by Crippen LogP contribution is 2.30. The van der Waals surface area contributed by atoms with Gasteiger partial charge in [0.05, 0.1) is 22.5 Å². The van der Waals surface area contributed by atoms with Crippen LogP contribution in [-0.2, 0) is 0 Å². The van der Waals surface area contributed by atoms with Crippen LogP contribution >= 0.6 is 11.3 Å². The first kappa shape index (κ1) is 14.9. The zero-order valence-electron chi connectivity index (χ0n) is 12.6. The fourth-order valence-corrected chi connectivity index (χ4v) is 3.48. The van der Waals surface area contributed by atoms with Crippen molar-refractivity contribution in [3.8, 4) is 0 Å². The third-order valence-electron chi connectivity index (χ3n) is 3.82. The lowest BCUT2D eigenvalue weighted by Gasteiger charge is -2.16. The van der Waals surface area contributed by atoms with Crippen LogP contribution in [0.25, 0.3) is 21.3 Å². The van der Waals surface area contributed by atoms with Crippen molar-refractivity contribution in [1.29, 1.82) is 0 Å². The fourth-order valence-electron chi connectivity index (χ4n) is 2.75. The Bertz CT molecular complexity index is 1010. The lowest BCUT2D eigenvalue weighted by molar-refractivity contribution is 0.0708. The quantitative estimate of drug-likeness (QED) is 0.587. The predicted octanol–water partition coefficient (Wildman–Crippen LogP) is 4.61. The van der Waals surface area contributed by atoms with Crippen LogP contribution < -0.4 is 5.32 Å². The van der Waals surface area contributed by atoms with Crippen molar-refractivity contribution in [2.75, 3.05) is 5.32 Å². The number of hydrogen-bond acceptors (Lipinski definition) is 5. The summed E-state index contributed by atoms with van der Waals surface area (Å²) in [5, 5.41) is 5.97. The number of hydrogen-bond donors (Lipinski definition) is 1. The van der Waals surface area contributed by atoms with Crippen LogP contribution in [0.3, 0.4) is 0 Å². The minimum absolute atomic E-state index is 0.271. The zero-order valence-corrected chi connectivity index (χ0v) is 13.5. The van der Waals surface area contributed by atoms with Crippen LogP contribution in [0.2, 0.25) is 0 Å². The van der Waals surface area contributed by atoms with E-state index in [1.165, 1.54) is 17.7 Å². The minimum Gasteiger partial charge on any atom is -0.360 e. The Morgan fingerprint density at radius 2 is 2.00 bits per heavy atom. The normalized spacial score (nSPS) is 13.0. The van der Waals surface area contributed by atoms with Gasteiger partial charge in [-0.2, -0.15) is 8.78 Å². The molecule has 0 saturated heterocycles. The van der Waals surface area contributed by atoms with E-state index < -0.39 is 12.6 Å². The Morgan fingerprint density at radius 3 is 2.83 bits per heavy atom. The van der Waals surface area contributed by atoms with Gasteiger partial charge in [0.2, 0.25) is 0 Å². The molecule has 1 atom stereocenters. The number of fused-ring (bicyclic) bond motifs is 2. The summed E-state index contributed by atoms with van der Waals surface area (Å²) in [6.45, 7) is -0.872. The molecular weight excluding hydrogens is 332 g/mol. The summed E-state index contributed by atoms with van der Waals surface area (Å²) in [6.07, 6.45) is 1.46. The van der Waals surface area contributed by atoms with Crippen molar-refractivity contribution >= 4 is 38.4 Å². The second kappa shape index (κ2) is 5.79. The molecule has 0 unspecified atom stereocenters. The first-order valence-corrected chi connectivity index (χ1v) is 8.23. The summed E-state index contributed by atoms with van der Waals surface area (Å²) >= 11 is 1.50. The third kappa shape index (κ3) is 2.39. The molecule has 3 aromatic heterocycles. The molecule has 0 radical (unpaired) electrons. The average molecular weight is 345 g/mol. The molecule has 1 N–H and O–H groups in total. The number of halogens is 2. The molecule has 4 aromatic rings. The Morgan fingerprint density at radius 1 is 1.17 bits per heavy atom. The number of imidazole rings is 1. The number of aromatic nitrogens is 4. The summed E-state index contributed by atoms with van der Waals surface area (Å²) in [5.41, 5.74) is 0.962. The summed E-state index contributed by atoms with van der Waals surface area (Å²) in [4.78, 5) is 13.6. The Hall–Kier alpha value is -2.61. The molecule has 8 heteroatoms. The molecule has 122 valence electrons. The van der Waals surface area contributed by atoms with Crippen LogP contribution in [0.4, 0.5) is 14.6 Å². The van der Waals surface area contributed by atoms with Crippen LogP contribution in [0.5, 0.6) is 0 Å². The van der Waals surface area contributed by atoms with E-state index in [9.17, 15) is 8.78 Å². The average Bonchev–Trinajstić information content (AvgIpc) is 3.19. The van der Waals surface area contributed by atoms with Gasteiger partial charge in [-0.05, 0) is 30.5 Å². The van der Waals surface area contributed by atoms with E-state index in [0.29, 0.717) is 16.9 Å². The summed E-state index contributed by atoms with van der Waals surface area (Å²) in [6, 6.07) is 8.35. The van der Waals surface area contributed by atoms with Gasteiger partial charge in [0.15, 0.2) is 0 Å². The number of para-hydroxylation sites is 2. The SMILES string of the molecule is C[C@H](Nc1ncnc2sccc12)c1nc2ccccc2n1C(F)F. The van der Waals surface area contributed by atoms with E-state index in [-0.39, 0.29) is 5.82 Å². The van der Waals surface area contributed by atoms with E-state index in [1.807, 2.05) is 11.4 Å². The Balaban J connectivity index is 1.77. The number of thiophene rings is 1. The van der Waals surface area contributed by atoms with Gasteiger partial charge >= 0.3 is 6.55 Å². The first-order chi connectivity index (χ1) is 11.6. The highest BCUT2D eigenvalue weighted by atomic mass is 32.1. The third-order valence-corrected chi connectivity index (χ3v) is 4.64. The molecule has 0 aliphatic carbocycles. The van der Waals surface area contributed by atoms with Gasteiger partial charge in [0, 0.05) is 0 Å². The number of nitrogens with one attached hydrogen (secondary N) is 1. The van der Waals surface area contributed by atoms with Crippen molar-refractivity contribution in [2.24, 2.45) is 0 Å². The summed E-state index contributed by atoms with van der Waals surface area (Å²) in [5.74, 6) is 0.884. The van der Waals surface area contributed by atoms with Crippen LogP contribution in [0, 0.1) is 0 Å². The van der Waals surface area contributed by atoms with Crippen molar-refractivity contribution in [2.45, 2.75) is 19.5 Å². The highest BCUT2D eigenvalue weighted by molar-refractivity contribution is 7.16. The predicted molar refractivity (Wildman–Crippen MR) is 90.4 cm³/mol. The molecule has 0 aliphatic rings. The van der Waals surface area contributed by atoms with Gasteiger partial charge in [0.1, 0.15) is 22.8 Å². The van der Waals surface area contributed by atoms with Crippen molar-refractivity contribution in [3.63, 3.8) is 0 Å². The molecule has 0 fully saturated rings. The summed E-state index contributed by atoms with van der Waals surface area (Å²) < 4.78 is 28.1. The van der Waals surface area contributed by atoms with Gasteiger partial charge < -0.3 is 5.32 Å². The van der Waals surface area contributed by atoms with Gasteiger partial charge in [-0.1, -0.05) is 12.1 Å². The topological polar surface area (TPSA) is 55.6 Å². The molecule has 0 amide bonds. The maximum Gasteiger partial charge on any atom is 0.320 e. The van der Waals surface area contributed by atoms with Crippen LogP contribution in [0.15, 0.2) is 42.0 Å². The monoisotopic (exact) mass is 345 g/mol. The molecule has 0 spiro atoms. The number of alkyl halides is 2. The van der Waals surface area contributed by atoms with E-state index >= 15 is 0 Å². The lowest BCUT2D eigenvalue weighted by atomic mass is 10.3. The number of anilines is 1. The van der Waals surface area contributed by atoms with Crippen LogP contribution in [0.1, 0.15) is 25.3 Å². The lowest BCUT2D eigenvalue weighted by Crippen LogP contribution is -2.15. The van der Waals surface area contributed by atoms with E-state index in [4.69, 9.17) is 0 Å². The molecule has 3 heterocycles. The minimum atomic E-state index is -2.66. The molecule has 24 heavy (non-hydrogen) atoms. The summed E-state index contributed by atoms with van der Waals surface area (Å²) in [7, 11) is 0. The largest absolute Gasteiger partial charge is 0.360 e. The molecule has 0 aliphatic heterocycles. The maximum absolute atomic E-state index is 13.6. The standard InChI is InChI=1S/C16H13F2N5S/c1-9(21-13-10-6-7-24-15(10)20-8-19-13)14-22-11-4-2-3-5-12(11)23(14)16(17)18/h2-9,16H,1H3,(H,19,20,21)/t9-/m0/s1. The van der Waals surface area contributed by atoms with Gasteiger partial charge in [0.25, 0.3) is 0 Å². The number of rotatable bonds is 4. The molecule has 5 nitrogen and oxygen atoms in total. The maximum atomic E-state index is 13.6. The molecule has 1 aromatic carbocycles. The first-order valence-electron chi connectivity index (χ1n) is 7.35. The van der Waals surface area contributed by atoms with E-state index in [0.717, 1.165) is 14.8 Å². The van der Waals surface area contributed by atoms with E-state index in [2.05, 4.69) is 20.3 Å². The molecule has 4 rings (SSSR count). The Kier molecular flexibility index (Phi) is 3.61. The number of benzene rings is 1. The zero-order chi connectivity index (χ0) is 16.7. The fraction of sp³-hybridized carbons (Fsp3) is 0.188. The van der Waals surface area contributed by atoms with Gasteiger partial charge in [-0.15, -0.1) is 11.3 Å². The van der Waals surface area contributed by atoms with Crippen molar-refractivity contribution in [3.05, 3.63) is 47.9 Å². The van der Waals surface area contributed by atoms with Gasteiger partial charge in [-0.3, -0.25) is 4.57 Å². The highest BCUT2D eigenvalue weighted by Gasteiger charge is 2.22.